The van der Waals surface area contributed by atoms with Gasteiger partial charge in [-0.3, -0.25) is 9.59 Å². The summed E-state index contributed by atoms with van der Waals surface area (Å²) < 4.78 is 33.7. The first kappa shape index (κ1) is 38.4. The van der Waals surface area contributed by atoms with Crippen LogP contribution in [0, 0.1) is 0 Å². The highest BCUT2D eigenvalue weighted by molar-refractivity contribution is 8.00. The Kier molecular flexibility index (Phi) is 18.8. The molecule has 0 aromatic rings. The lowest BCUT2D eigenvalue weighted by molar-refractivity contribution is -0.141. The third kappa shape index (κ3) is 17.5. The summed E-state index contributed by atoms with van der Waals surface area (Å²) in [5.74, 6) is 1.10. The summed E-state index contributed by atoms with van der Waals surface area (Å²) in [6, 6.07) is 0.411. The Bertz CT molecular complexity index is 848. The van der Waals surface area contributed by atoms with E-state index in [0.717, 1.165) is 25.0 Å². The topological polar surface area (TPSA) is 143 Å². The van der Waals surface area contributed by atoms with Crippen molar-refractivity contribution in [1.82, 2.24) is 16.0 Å². The van der Waals surface area contributed by atoms with Gasteiger partial charge in [0.1, 0.15) is 5.88 Å². The number of fused-ring (bicyclic) bond motifs is 1. The van der Waals surface area contributed by atoms with Crippen LogP contribution in [0.5, 0.6) is 0 Å². The minimum absolute atomic E-state index is 0.0603. The zero-order valence-electron chi connectivity index (χ0n) is 25.9. The molecule has 12 nitrogen and oxygen atoms in total. The van der Waals surface area contributed by atoms with Gasteiger partial charge in [0, 0.05) is 36.1 Å². The number of hydrogen-bond donors (Lipinski definition) is 3. The maximum Gasteiger partial charge on any atom is 0.332 e. The maximum atomic E-state index is 12.0. The number of esters is 1. The van der Waals surface area contributed by atoms with Crippen LogP contribution in [0.25, 0.3) is 0 Å². The van der Waals surface area contributed by atoms with Crippen LogP contribution in [0.4, 0.5) is 4.79 Å². The van der Waals surface area contributed by atoms with Crippen molar-refractivity contribution >= 4 is 61.9 Å². The second kappa shape index (κ2) is 21.1. The molecule has 0 spiro atoms. The number of carbonyl (C=O) groups is 3. The molecular formula is C27H50ClN3O9S2Si. The summed E-state index contributed by atoms with van der Waals surface area (Å²) in [5, 5.41) is 9.32. The van der Waals surface area contributed by atoms with E-state index < -0.39 is 20.1 Å². The van der Waals surface area contributed by atoms with Gasteiger partial charge in [-0.25, -0.2) is 4.79 Å². The summed E-state index contributed by atoms with van der Waals surface area (Å²) >= 11 is 8.65. The number of hydrogen-bond acceptors (Lipinski definition) is 11. The zero-order chi connectivity index (χ0) is 31.6. The van der Waals surface area contributed by atoms with Gasteiger partial charge in [-0.2, -0.15) is 11.8 Å². The summed E-state index contributed by atoms with van der Waals surface area (Å²) in [4.78, 5) is 34.7. The fraction of sp³-hybridized carbons (Fsp3) is 0.889. The van der Waals surface area contributed by atoms with Crippen molar-refractivity contribution < 1.29 is 41.6 Å². The average molecular weight is 688 g/mol. The Morgan fingerprint density at radius 3 is 2.53 bits per heavy atom. The number of ether oxygens (including phenoxy) is 3. The molecule has 43 heavy (non-hydrogen) atoms. The molecule has 2 rings (SSSR count). The lowest BCUT2D eigenvalue weighted by Gasteiger charge is -2.34. The van der Waals surface area contributed by atoms with Crippen molar-refractivity contribution in [2.24, 2.45) is 0 Å². The molecule has 250 valence electrons. The Hall–Kier alpha value is -0.783. The van der Waals surface area contributed by atoms with E-state index in [0.29, 0.717) is 70.0 Å². The van der Waals surface area contributed by atoms with Crippen LogP contribution in [-0.4, -0.2) is 120 Å². The van der Waals surface area contributed by atoms with Gasteiger partial charge in [-0.1, -0.05) is 6.42 Å². The minimum Gasteiger partial charge on any atom is -0.465 e. The van der Waals surface area contributed by atoms with E-state index in [1.54, 1.807) is 0 Å². The van der Waals surface area contributed by atoms with Crippen molar-refractivity contribution in [1.29, 1.82) is 0 Å². The summed E-state index contributed by atoms with van der Waals surface area (Å²) in [5.41, 5.74) is -0.485. The van der Waals surface area contributed by atoms with Crippen LogP contribution in [0.3, 0.4) is 0 Å². The normalized spacial score (nSPS) is 20.0. The van der Waals surface area contributed by atoms with E-state index in [9.17, 15) is 14.4 Å². The Morgan fingerprint density at radius 2 is 1.79 bits per heavy atom. The fourth-order valence-electron chi connectivity index (χ4n) is 4.67. The van der Waals surface area contributed by atoms with Crippen molar-refractivity contribution in [3.05, 3.63) is 0 Å². The molecule has 2 aliphatic heterocycles. The third-order valence-corrected chi connectivity index (χ3v) is 11.0. The number of amides is 3. The number of halogens is 1. The predicted octanol–water partition coefficient (Wildman–Crippen LogP) is 3.21. The van der Waals surface area contributed by atoms with E-state index in [4.69, 9.17) is 38.8 Å². The molecule has 0 unspecified atom stereocenters. The molecule has 0 aromatic heterocycles. The van der Waals surface area contributed by atoms with Crippen LogP contribution in [0.1, 0.15) is 46.0 Å². The van der Waals surface area contributed by atoms with E-state index in [-0.39, 0.29) is 36.5 Å². The fourth-order valence-corrected chi connectivity index (χ4v) is 8.85. The molecule has 3 amide bonds. The summed E-state index contributed by atoms with van der Waals surface area (Å²) in [6.45, 7) is 11.3. The average Bonchev–Trinajstić information content (AvgIpc) is 3.49. The smallest absolute Gasteiger partial charge is 0.332 e. The number of alkyl halides is 1. The predicted molar refractivity (Wildman–Crippen MR) is 172 cm³/mol. The molecule has 3 atom stereocenters. The van der Waals surface area contributed by atoms with E-state index >= 15 is 0 Å². The first-order chi connectivity index (χ1) is 20.5. The molecule has 2 saturated heterocycles. The number of urea groups is 1. The molecule has 0 saturated carbocycles. The lowest BCUT2D eigenvalue weighted by atomic mass is 10.0. The number of thioether (sulfide) groups is 1. The quantitative estimate of drug-likeness (QED) is 0.0325. The Morgan fingerprint density at radius 1 is 1.07 bits per heavy atom. The van der Waals surface area contributed by atoms with E-state index in [1.807, 2.05) is 38.7 Å². The maximum absolute atomic E-state index is 12.0. The molecule has 0 aliphatic carbocycles. The van der Waals surface area contributed by atoms with Crippen LogP contribution < -0.4 is 16.0 Å². The number of carbonyl (C=O) groups excluding carboxylic acids is 3. The molecule has 0 aromatic carbocycles. The molecular weight excluding hydrogens is 638 g/mol. The largest absolute Gasteiger partial charge is 0.465 e. The molecule has 3 N–H and O–H groups in total. The van der Waals surface area contributed by atoms with E-state index in [2.05, 4.69) is 16.0 Å². The number of rotatable bonds is 25. The molecule has 2 fully saturated rings. The van der Waals surface area contributed by atoms with Gasteiger partial charge >= 0.3 is 20.6 Å². The van der Waals surface area contributed by atoms with Gasteiger partial charge in [0.2, 0.25) is 5.91 Å². The molecule has 0 bridgehead atoms. The zero-order valence-corrected chi connectivity index (χ0v) is 29.3. The summed E-state index contributed by atoms with van der Waals surface area (Å²) in [6.07, 6.45) is 3.91. The third-order valence-electron chi connectivity index (χ3n) is 6.63. The van der Waals surface area contributed by atoms with Gasteiger partial charge in [0.15, 0.2) is 0 Å². The van der Waals surface area contributed by atoms with Crippen molar-refractivity contribution in [3.63, 3.8) is 0 Å². The highest BCUT2D eigenvalue weighted by atomic mass is 35.5. The van der Waals surface area contributed by atoms with Crippen molar-refractivity contribution in [3.8, 4) is 0 Å². The molecule has 2 heterocycles. The van der Waals surface area contributed by atoms with Gasteiger partial charge in [0.25, 0.3) is 0 Å². The van der Waals surface area contributed by atoms with Gasteiger partial charge in [-0.05, 0) is 51.8 Å². The van der Waals surface area contributed by atoms with Gasteiger partial charge in [0.05, 0.1) is 63.9 Å². The summed E-state index contributed by atoms with van der Waals surface area (Å²) in [7, 11) is -2.38. The second-order valence-corrected chi connectivity index (χ2v) is 17.0. The molecule has 2 aliphatic rings. The van der Waals surface area contributed by atoms with Crippen molar-refractivity contribution in [2.45, 2.75) is 82.0 Å². The van der Waals surface area contributed by atoms with E-state index in [1.165, 1.54) is 12.0 Å². The highest BCUT2D eigenvalue weighted by Gasteiger charge is 2.42. The second-order valence-electron chi connectivity index (χ2n) is 11.3. The highest BCUT2D eigenvalue weighted by Crippen LogP contribution is 2.33. The SMILES string of the molecule is CC(C)(CCOC(=O)CCl)O[Si](C)(C)OCCOCCOCCOSCCNC(=O)CCCC[C@@H]1SC[C@@H]2NC(=O)N[C@@H]21. The Balaban J connectivity index is 1.32. The van der Waals surface area contributed by atoms with Crippen LogP contribution in [0.15, 0.2) is 0 Å². The Labute approximate surface area is 270 Å². The number of nitrogens with one attached hydrogen (secondary N) is 3. The first-order valence-electron chi connectivity index (χ1n) is 14.9. The first-order valence-corrected chi connectivity index (χ1v) is 20.2. The standard InChI is InChI=1S/C27H50ClN3O9S2Si/c1-27(2,9-11-37-24(33)19-28)40-43(3,4)39-17-15-36-13-12-35-14-16-38-42-18-10-29-23(32)8-6-5-7-22-25-21(20-41-22)30-26(34)31-25/h21-22,25H,5-20H2,1-4H3,(H,29,32)(H2,30,31,34)/t21-,22-,25-/m0/s1. The molecule has 0 radical (unpaired) electrons. The minimum atomic E-state index is -2.38. The lowest BCUT2D eigenvalue weighted by Crippen LogP contribution is -2.44. The number of unbranched alkanes of at least 4 members (excludes halogenated alkanes) is 1. The molecule has 16 heteroatoms. The van der Waals surface area contributed by atoms with Gasteiger partial charge in [-0.15, -0.1) is 11.6 Å². The van der Waals surface area contributed by atoms with Crippen molar-refractivity contribution in [2.75, 3.05) is 70.2 Å². The monoisotopic (exact) mass is 687 g/mol. The van der Waals surface area contributed by atoms with Gasteiger partial charge < -0.3 is 43.2 Å². The van der Waals surface area contributed by atoms with Crippen LogP contribution in [0.2, 0.25) is 13.1 Å². The van der Waals surface area contributed by atoms with Crippen LogP contribution >= 0.6 is 35.4 Å². The van der Waals surface area contributed by atoms with Crippen LogP contribution in [-0.2, 0) is 36.8 Å².